The summed E-state index contributed by atoms with van der Waals surface area (Å²) < 4.78 is 40.6. The van der Waals surface area contributed by atoms with E-state index >= 15 is 0 Å². The molecule has 198 valence electrons. The predicted octanol–water partition coefficient (Wildman–Crippen LogP) is 5.60. The Morgan fingerprint density at radius 2 is 1.82 bits per heavy atom. The van der Waals surface area contributed by atoms with Gasteiger partial charge in [-0.15, -0.1) is 0 Å². The van der Waals surface area contributed by atoms with Crippen molar-refractivity contribution in [3.05, 3.63) is 83.2 Å². The highest BCUT2D eigenvalue weighted by Crippen LogP contribution is 2.47. The molecule has 0 spiro atoms. The van der Waals surface area contributed by atoms with Gasteiger partial charge in [-0.1, -0.05) is 36.4 Å². The normalized spacial score (nSPS) is 17.6. The van der Waals surface area contributed by atoms with E-state index in [1.165, 1.54) is 6.07 Å². The number of rotatable bonds is 9. The van der Waals surface area contributed by atoms with Crippen LogP contribution in [0.1, 0.15) is 48.3 Å². The number of halogens is 1. The second-order valence-corrected chi connectivity index (χ2v) is 12.2. The third-order valence-electron chi connectivity index (χ3n) is 7.26. The maximum atomic E-state index is 14.2. The van der Waals surface area contributed by atoms with E-state index in [0.29, 0.717) is 30.1 Å². The van der Waals surface area contributed by atoms with Gasteiger partial charge in [0.2, 0.25) is 15.9 Å². The van der Waals surface area contributed by atoms with Gasteiger partial charge in [-0.25, -0.2) is 12.8 Å². The van der Waals surface area contributed by atoms with Crippen LogP contribution >= 0.6 is 0 Å². The molecule has 5 rings (SSSR count). The molecule has 6 nitrogen and oxygen atoms in total. The van der Waals surface area contributed by atoms with E-state index in [1.54, 1.807) is 36.1 Å². The molecule has 1 heterocycles. The second kappa shape index (κ2) is 10.3. The molecule has 8 heteroatoms. The zero-order chi connectivity index (χ0) is 27.0. The summed E-state index contributed by atoms with van der Waals surface area (Å²) in [5.74, 6) is -0.669. The number of aryl methyl sites for hydroxylation is 1. The largest absolute Gasteiger partial charge is 0.312 e. The summed E-state index contributed by atoms with van der Waals surface area (Å²) in [5, 5.41) is 0. The van der Waals surface area contributed by atoms with Gasteiger partial charge < -0.3 is 4.90 Å². The van der Waals surface area contributed by atoms with Crippen LogP contribution in [0.25, 0.3) is 11.1 Å². The van der Waals surface area contributed by atoms with Crippen molar-refractivity contribution in [2.45, 2.75) is 44.9 Å². The fraction of sp³-hybridized carbons (Fsp3) is 0.333. The summed E-state index contributed by atoms with van der Waals surface area (Å²) in [6.45, 7) is 2.33. The van der Waals surface area contributed by atoms with Gasteiger partial charge in [0.25, 0.3) is 0 Å². The minimum Gasteiger partial charge on any atom is -0.312 e. The van der Waals surface area contributed by atoms with Gasteiger partial charge in [0.15, 0.2) is 0 Å². The molecular formula is C30H31FN2O4S. The average Bonchev–Trinajstić information content (AvgIpc) is 3.64. The number of anilines is 2. The van der Waals surface area contributed by atoms with Crippen molar-refractivity contribution in [2.24, 2.45) is 5.92 Å². The Balaban J connectivity index is 1.35. The second-order valence-electron chi connectivity index (χ2n) is 10.5. The van der Waals surface area contributed by atoms with Crippen molar-refractivity contribution >= 4 is 33.1 Å². The van der Waals surface area contributed by atoms with Crippen LogP contribution < -0.4 is 9.62 Å². The maximum absolute atomic E-state index is 14.2. The standard InChI is InChI=1S/C30H31FN2O4S/c1-19-7-8-22(27(31)15-19)16-24(34)17-23-13-14-33(30(23)35)29-12-11-21(18-26(29)20-9-10-20)25-5-3-4-6-28(25)32-38(2,36)37/h3-8,11-12,15,18,20,23,32H,9-10,13-14,16-17H2,1-2H3/t23-/m0/s1. The summed E-state index contributed by atoms with van der Waals surface area (Å²) in [4.78, 5) is 27.9. The topological polar surface area (TPSA) is 83.6 Å². The molecule has 0 bridgehead atoms. The highest BCUT2D eigenvalue weighted by atomic mass is 32.2. The molecule has 2 aliphatic rings. The minimum atomic E-state index is -3.44. The van der Waals surface area contributed by atoms with Crippen LogP contribution in [-0.4, -0.2) is 32.9 Å². The highest BCUT2D eigenvalue weighted by Gasteiger charge is 2.37. The van der Waals surface area contributed by atoms with Gasteiger partial charge in [-0.2, -0.15) is 0 Å². The van der Waals surface area contributed by atoms with Crippen molar-refractivity contribution in [3.8, 4) is 11.1 Å². The SMILES string of the molecule is Cc1ccc(CC(=O)C[C@@H]2CCN(c3ccc(-c4ccccc4NS(C)(=O)=O)cc3C3CC3)C2=O)c(F)c1. The molecule has 0 aromatic heterocycles. The lowest BCUT2D eigenvalue weighted by molar-refractivity contribution is -0.125. The predicted molar refractivity (Wildman–Crippen MR) is 147 cm³/mol. The quantitative estimate of drug-likeness (QED) is 0.387. The molecular weight excluding hydrogens is 503 g/mol. The number of sulfonamides is 1. The van der Waals surface area contributed by atoms with Crippen LogP contribution in [0.5, 0.6) is 0 Å². The average molecular weight is 535 g/mol. The number of nitrogens with zero attached hydrogens (tertiary/aromatic N) is 1. The van der Waals surface area contributed by atoms with Gasteiger partial charge in [-0.05, 0) is 78.6 Å². The van der Waals surface area contributed by atoms with Crippen LogP contribution in [0.15, 0.2) is 60.7 Å². The molecule has 1 aliphatic carbocycles. The summed E-state index contributed by atoms with van der Waals surface area (Å²) in [6, 6.07) is 18.0. The number of benzene rings is 3. The lowest BCUT2D eigenvalue weighted by Crippen LogP contribution is -2.29. The van der Waals surface area contributed by atoms with Gasteiger partial charge in [0, 0.05) is 36.6 Å². The number of amides is 1. The monoisotopic (exact) mass is 534 g/mol. The van der Waals surface area contributed by atoms with Crippen molar-refractivity contribution in [1.82, 2.24) is 0 Å². The summed E-state index contributed by atoms with van der Waals surface area (Å²) in [5.41, 5.74) is 5.23. The number of carbonyl (C=O) groups excluding carboxylic acids is 2. The lowest BCUT2D eigenvalue weighted by atomic mass is 9.96. The van der Waals surface area contributed by atoms with Crippen molar-refractivity contribution < 1.29 is 22.4 Å². The first kappa shape index (κ1) is 26.1. The fourth-order valence-corrected chi connectivity index (χ4v) is 5.81. The van der Waals surface area contributed by atoms with Crippen LogP contribution in [0.4, 0.5) is 15.8 Å². The lowest BCUT2D eigenvalue weighted by Gasteiger charge is -2.22. The molecule has 1 aliphatic heterocycles. The van der Waals surface area contributed by atoms with Crippen LogP contribution in [0, 0.1) is 18.7 Å². The highest BCUT2D eigenvalue weighted by molar-refractivity contribution is 7.92. The molecule has 0 radical (unpaired) electrons. The van der Waals surface area contributed by atoms with E-state index in [2.05, 4.69) is 10.8 Å². The molecule has 0 unspecified atom stereocenters. The Kier molecular flexibility index (Phi) is 7.09. The number of hydrogen-bond acceptors (Lipinski definition) is 4. The van der Waals surface area contributed by atoms with E-state index in [9.17, 15) is 22.4 Å². The number of Topliss-reactive ketones (excluding diaryl/α,β-unsaturated/α-hetero) is 1. The molecule has 3 aromatic carbocycles. The molecule has 2 fully saturated rings. The Morgan fingerprint density at radius 3 is 2.53 bits per heavy atom. The number of nitrogens with one attached hydrogen (secondary N) is 1. The van der Waals surface area contributed by atoms with E-state index in [1.807, 2.05) is 24.3 Å². The van der Waals surface area contributed by atoms with E-state index < -0.39 is 15.9 Å². The minimum absolute atomic E-state index is 0.0150. The molecule has 1 amide bonds. The third-order valence-corrected chi connectivity index (χ3v) is 7.85. The molecule has 1 N–H and O–H groups in total. The summed E-state index contributed by atoms with van der Waals surface area (Å²) >= 11 is 0. The Labute approximate surface area is 222 Å². The van der Waals surface area contributed by atoms with Crippen molar-refractivity contribution in [3.63, 3.8) is 0 Å². The van der Waals surface area contributed by atoms with E-state index in [0.717, 1.165) is 47.0 Å². The number of ketones is 1. The first-order chi connectivity index (χ1) is 18.1. The van der Waals surface area contributed by atoms with Gasteiger partial charge in [0.1, 0.15) is 11.6 Å². The summed E-state index contributed by atoms with van der Waals surface area (Å²) in [7, 11) is -3.44. The fourth-order valence-electron chi connectivity index (χ4n) is 5.24. The zero-order valence-electron chi connectivity index (χ0n) is 21.5. The molecule has 1 atom stereocenters. The van der Waals surface area contributed by atoms with Gasteiger partial charge in [0.05, 0.1) is 11.9 Å². The Hall–Kier alpha value is -3.52. The van der Waals surface area contributed by atoms with E-state index in [-0.39, 0.29) is 30.3 Å². The number of carbonyl (C=O) groups is 2. The van der Waals surface area contributed by atoms with Crippen LogP contribution in [0.3, 0.4) is 0 Å². The van der Waals surface area contributed by atoms with Crippen LogP contribution in [0.2, 0.25) is 0 Å². The first-order valence-corrected chi connectivity index (χ1v) is 14.8. The van der Waals surface area contributed by atoms with Crippen molar-refractivity contribution in [2.75, 3.05) is 22.4 Å². The smallest absolute Gasteiger partial charge is 0.230 e. The zero-order valence-corrected chi connectivity index (χ0v) is 22.4. The Morgan fingerprint density at radius 1 is 1.05 bits per heavy atom. The number of para-hydroxylation sites is 1. The third kappa shape index (κ3) is 5.80. The molecule has 38 heavy (non-hydrogen) atoms. The molecule has 1 saturated heterocycles. The molecule has 1 saturated carbocycles. The Bertz CT molecular complexity index is 1510. The maximum Gasteiger partial charge on any atom is 0.230 e. The van der Waals surface area contributed by atoms with Gasteiger partial charge >= 0.3 is 0 Å². The molecule has 3 aromatic rings. The first-order valence-electron chi connectivity index (χ1n) is 12.9. The van der Waals surface area contributed by atoms with Crippen molar-refractivity contribution in [1.29, 1.82) is 0 Å². The number of hydrogen-bond donors (Lipinski definition) is 1. The van der Waals surface area contributed by atoms with Gasteiger partial charge in [-0.3, -0.25) is 14.3 Å². The van der Waals surface area contributed by atoms with E-state index in [4.69, 9.17) is 0 Å². The summed E-state index contributed by atoms with van der Waals surface area (Å²) in [6.07, 6.45) is 3.86. The van der Waals surface area contributed by atoms with Crippen LogP contribution in [-0.2, 0) is 26.0 Å².